The number of carbonyl (C=O) groups is 2. The molecule has 40 heavy (non-hydrogen) atoms. The minimum absolute atomic E-state index is 0.0268. The number of fused-ring (bicyclic) bond motifs is 1. The second kappa shape index (κ2) is 11.2. The molecule has 4 N–H and O–H groups in total. The van der Waals surface area contributed by atoms with Gasteiger partial charge in [0, 0.05) is 50.6 Å². The van der Waals surface area contributed by atoms with Gasteiger partial charge in [-0.15, -0.1) is 0 Å². The van der Waals surface area contributed by atoms with E-state index >= 15 is 0 Å². The lowest BCUT2D eigenvalue weighted by Crippen LogP contribution is -2.52. The molecule has 1 fully saturated rings. The van der Waals surface area contributed by atoms with Crippen LogP contribution in [0.1, 0.15) is 10.4 Å². The molecular weight excluding hydrogens is 512 g/mol. The van der Waals surface area contributed by atoms with E-state index in [4.69, 9.17) is 10.5 Å². The summed E-state index contributed by atoms with van der Waals surface area (Å²) in [5.74, 6) is 0.546. The average molecular weight is 541 g/mol. The molecule has 1 aliphatic heterocycles. The zero-order valence-electron chi connectivity index (χ0n) is 22.0. The number of aromatic nitrogens is 3. The standard InChI is InChI=1S/C28H28N8O4/c1-30-25(32-16-29)28(39)36-12-10-35(11-13-36)27(38)18-5-7-21-22(15-18)34-24(33-21)20-14-17(6-8-23(20)37)19-4-3-9-31-26(19)40-2/h3-9,14-16,37H,10-13H2,1-2H3,(H,33,34)(H2,29,30,32). The molecule has 1 aliphatic rings. The molecule has 204 valence electrons. The quantitative estimate of drug-likeness (QED) is 0.264. The number of hydrogen-bond donors (Lipinski definition) is 3. The molecule has 2 aromatic carbocycles. The number of aromatic amines is 1. The molecule has 12 heteroatoms. The van der Waals surface area contributed by atoms with Gasteiger partial charge in [-0.25, -0.2) is 15.0 Å². The minimum Gasteiger partial charge on any atom is -0.507 e. The number of nitrogens with one attached hydrogen (secondary N) is 1. The minimum atomic E-state index is -0.322. The van der Waals surface area contributed by atoms with E-state index in [1.54, 1.807) is 53.4 Å². The van der Waals surface area contributed by atoms with E-state index in [0.717, 1.165) is 17.5 Å². The molecule has 0 spiro atoms. The number of piperazine rings is 1. The second-order valence-electron chi connectivity index (χ2n) is 9.02. The lowest BCUT2D eigenvalue weighted by atomic mass is 10.0. The number of hydrogen-bond acceptors (Lipinski definition) is 7. The topological polar surface area (TPSA) is 162 Å². The monoisotopic (exact) mass is 540 g/mol. The van der Waals surface area contributed by atoms with Crippen molar-refractivity contribution in [2.24, 2.45) is 15.7 Å². The van der Waals surface area contributed by atoms with Crippen LogP contribution < -0.4 is 10.5 Å². The van der Waals surface area contributed by atoms with Crippen LogP contribution in [0, 0.1) is 0 Å². The van der Waals surface area contributed by atoms with Gasteiger partial charge in [0.2, 0.25) is 11.7 Å². The molecule has 0 bridgehead atoms. The van der Waals surface area contributed by atoms with Gasteiger partial charge in [0.15, 0.2) is 0 Å². The second-order valence-corrected chi connectivity index (χ2v) is 9.02. The summed E-state index contributed by atoms with van der Waals surface area (Å²) in [4.78, 5) is 49.0. The number of amides is 2. The van der Waals surface area contributed by atoms with Crippen LogP contribution in [0.15, 0.2) is 64.7 Å². The Bertz CT molecular complexity index is 1640. The highest BCUT2D eigenvalue weighted by Crippen LogP contribution is 2.35. The Morgan fingerprint density at radius 2 is 1.85 bits per heavy atom. The maximum Gasteiger partial charge on any atom is 0.291 e. The lowest BCUT2D eigenvalue weighted by molar-refractivity contribution is -0.125. The number of benzene rings is 2. The Labute approximate surface area is 229 Å². The van der Waals surface area contributed by atoms with E-state index in [1.165, 1.54) is 7.05 Å². The van der Waals surface area contributed by atoms with E-state index in [2.05, 4.69) is 24.9 Å². The largest absolute Gasteiger partial charge is 0.507 e. The summed E-state index contributed by atoms with van der Waals surface area (Å²) < 4.78 is 5.38. The van der Waals surface area contributed by atoms with Crippen molar-refractivity contribution in [3.05, 3.63) is 60.3 Å². The van der Waals surface area contributed by atoms with E-state index in [9.17, 15) is 14.7 Å². The predicted molar refractivity (Wildman–Crippen MR) is 151 cm³/mol. The number of carbonyl (C=O) groups excluding carboxylic acids is 2. The van der Waals surface area contributed by atoms with Crippen LogP contribution in [-0.2, 0) is 4.79 Å². The predicted octanol–water partition coefficient (Wildman–Crippen LogP) is 2.31. The van der Waals surface area contributed by atoms with E-state index in [1.807, 2.05) is 18.2 Å². The van der Waals surface area contributed by atoms with Crippen molar-refractivity contribution < 1.29 is 19.4 Å². The molecule has 1 saturated heterocycles. The number of nitrogens with two attached hydrogens (primary N) is 1. The van der Waals surface area contributed by atoms with Gasteiger partial charge in [-0.2, -0.15) is 0 Å². The van der Waals surface area contributed by atoms with E-state index < -0.39 is 0 Å². The van der Waals surface area contributed by atoms with Gasteiger partial charge in [-0.3, -0.25) is 14.6 Å². The van der Waals surface area contributed by atoms with E-state index in [-0.39, 0.29) is 23.4 Å². The van der Waals surface area contributed by atoms with Crippen LogP contribution in [-0.4, -0.2) is 94.2 Å². The van der Waals surface area contributed by atoms with Crippen LogP contribution in [0.25, 0.3) is 33.5 Å². The molecule has 2 aromatic heterocycles. The van der Waals surface area contributed by atoms with Crippen molar-refractivity contribution in [2.45, 2.75) is 0 Å². The van der Waals surface area contributed by atoms with Crippen LogP contribution in [0.4, 0.5) is 0 Å². The number of aromatic hydroxyl groups is 1. The van der Waals surface area contributed by atoms with Crippen molar-refractivity contribution in [3.63, 3.8) is 0 Å². The molecule has 0 atom stereocenters. The molecule has 3 heterocycles. The first-order chi connectivity index (χ1) is 19.4. The van der Waals surface area contributed by atoms with Gasteiger partial charge in [-0.05, 0) is 48.0 Å². The summed E-state index contributed by atoms with van der Waals surface area (Å²) in [6.45, 7) is 1.46. The number of phenols is 1. The summed E-state index contributed by atoms with van der Waals surface area (Å²) in [6, 6.07) is 14.1. The molecule has 2 amide bonds. The number of H-pyrrole nitrogens is 1. The molecule has 0 radical (unpaired) electrons. The normalized spacial score (nSPS) is 14.2. The van der Waals surface area contributed by atoms with Crippen LogP contribution >= 0.6 is 0 Å². The zero-order chi connectivity index (χ0) is 28.2. The van der Waals surface area contributed by atoms with Gasteiger partial charge >= 0.3 is 0 Å². The average Bonchev–Trinajstić information content (AvgIpc) is 3.43. The fourth-order valence-corrected chi connectivity index (χ4v) is 4.65. The third-order valence-electron chi connectivity index (χ3n) is 6.71. The third kappa shape index (κ3) is 5.06. The summed E-state index contributed by atoms with van der Waals surface area (Å²) in [7, 11) is 3.03. The summed E-state index contributed by atoms with van der Waals surface area (Å²) >= 11 is 0. The Balaban J connectivity index is 1.35. The molecular formula is C28H28N8O4. The van der Waals surface area contributed by atoms with E-state index in [0.29, 0.717) is 60.0 Å². The third-order valence-corrected chi connectivity index (χ3v) is 6.71. The number of phenolic OH excluding ortho intramolecular Hbond substituents is 1. The number of aliphatic imine (C=N–C) groups is 2. The Hall–Kier alpha value is -5.26. The molecule has 5 rings (SSSR count). The fraction of sp³-hybridized carbons (Fsp3) is 0.214. The number of amidine groups is 1. The van der Waals surface area contributed by atoms with Gasteiger partial charge in [0.25, 0.3) is 11.8 Å². The first-order valence-corrected chi connectivity index (χ1v) is 12.6. The smallest absolute Gasteiger partial charge is 0.291 e. The van der Waals surface area contributed by atoms with Gasteiger partial charge in [0.1, 0.15) is 11.6 Å². The first-order valence-electron chi connectivity index (χ1n) is 12.6. The summed E-state index contributed by atoms with van der Waals surface area (Å²) in [5, 5.41) is 10.6. The van der Waals surface area contributed by atoms with Crippen molar-refractivity contribution in [1.29, 1.82) is 0 Å². The Morgan fingerprint density at radius 3 is 2.58 bits per heavy atom. The number of pyridine rings is 1. The highest BCUT2D eigenvalue weighted by Gasteiger charge is 2.27. The van der Waals surface area contributed by atoms with Crippen molar-refractivity contribution >= 4 is 35.0 Å². The van der Waals surface area contributed by atoms with Gasteiger partial charge < -0.3 is 30.4 Å². The maximum atomic E-state index is 13.3. The number of imidazole rings is 1. The number of nitrogens with zero attached hydrogens (tertiary/aromatic N) is 6. The number of methoxy groups -OCH3 is 1. The summed E-state index contributed by atoms with van der Waals surface area (Å²) in [5.41, 5.74) is 9.18. The number of ether oxygens (including phenoxy) is 1. The molecule has 0 aliphatic carbocycles. The highest BCUT2D eigenvalue weighted by atomic mass is 16.5. The maximum absolute atomic E-state index is 13.3. The van der Waals surface area contributed by atoms with Gasteiger partial charge in [-0.1, -0.05) is 6.07 Å². The van der Waals surface area contributed by atoms with Crippen molar-refractivity contribution in [3.8, 4) is 34.1 Å². The Morgan fingerprint density at radius 1 is 1.07 bits per heavy atom. The fourth-order valence-electron chi connectivity index (χ4n) is 4.65. The highest BCUT2D eigenvalue weighted by molar-refractivity contribution is 6.39. The zero-order valence-corrected chi connectivity index (χ0v) is 22.0. The molecule has 4 aromatic rings. The molecule has 0 unspecified atom stereocenters. The van der Waals surface area contributed by atoms with Crippen LogP contribution in [0.2, 0.25) is 0 Å². The summed E-state index contributed by atoms with van der Waals surface area (Å²) in [6.07, 6.45) is 2.68. The van der Waals surface area contributed by atoms with Crippen LogP contribution in [0.3, 0.4) is 0 Å². The van der Waals surface area contributed by atoms with Crippen LogP contribution in [0.5, 0.6) is 11.6 Å². The first kappa shape index (κ1) is 26.4. The molecule has 0 saturated carbocycles. The number of rotatable bonds is 4. The van der Waals surface area contributed by atoms with Crippen molar-refractivity contribution in [1.82, 2.24) is 24.8 Å². The SMILES string of the molecule is CN=C(N=CN)C(=O)N1CCN(C(=O)c2ccc3nc(-c4cc(-c5cccnc5OC)ccc4O)[nH]c3c2)CC1. The van der Waals surface area contributed by atoms with Crippen molar-refractivity contribution in [2.75, 3.05) is 40.3 Å². The molecule has 12 nitrogen and oxygen atoms in total. The Kier molecular flexibility index (Phi) is 7.40. The lowest BCUT2D eigenvalue weighted by Gasteiger charge is -2.34. The van der Waals surface area contributed by atoms with Gasteiger partial charge in [0.05, 0.1) is 30.0 Å².